The lowest BCUT2D eigenvalue weighted by atomic mass is 10.1. The van der Waals surface area contributed by atoms with Gasteiger partial charge in [0.25, 0.3) is 5.91 Å². The largest absolute Gasteiger partial charge is 0.335 e. The minimum Gasteiger partial charge on any atom is -0.335 e. The van der Waals surface area contributed by atoms with Gasteiger partial charge in [-0.2, -0.15) is 0 Å². The fourth-order valence-corrected chi connectivity index (χ4v) is 4.30. The summed E-state index contributed by atoms with van der Waals surface area (Å²) in [5.74, 6) is 0.0464. The Hall–Kier alpha value is -2.50. The van der Waals surface area contributed by atoms with Crippen LogP contribution < -0.4 is 0 Å². The van der Waals surface area contributed by atoms with E-state index in [1.165, 1.54) is 28.0 Å². The molecule has 0 bridgehead atoms. The predicted molar refractivity (Wildman–Crippen MR) is 115 cm³/mol. The number of aromatic nitrogens is 1. The Kier molecular flexibility index (Phi) is 5.55. The lowest BCUT2D eigenvalue weighted by Gasteiger charge is -2.34. The van der Waals surface area contributed by atoms with E-state index < -0.39 is 0 Å². The third kappa shape index (κ3) is 4.16. The molecule has 1 amide bonds. The summed E-state index contributed by atoms with van der Waals surface area (Å²) in [4.78, 5) is 21.8. The maximum atomic E-state index is 12.9. The summed E-state index contributed by atoms with van der Waals surface area (Å²) in [6.07, 6.45) is 0. The molecular weight excluding hydrogens is 366 g/mol. The monoisotopic (exact) mass is 391 g/mol. The molecule has 0 aliphatic carbocycles. The molecule has 0 saturated carbocycles. The highest BCUT2D eigenvalue weighted by molar-refractivity contribution is 7.13. The number of nitrogens with zero attached hydrogens (tertiary/aromatic N) is 3. The van der Waals surface area contributed by atoms with E-state index in [0.717, 1.165) is 43.3 Å². The number of amides is 1. The van der Waals surface area contributed by atoms with Crippen molar-refractivity contribution in [1.29, 1.82) is 0 Å². The first-order valence-electron chi connectivity index (χ1n) is 9.69. The molecule has 1 aliphatic rings. The van der Waals surface area contributed by atoms with Gasteiger partial charge in [0.15, 0.2) is 0 Å². The van der Waals surface area contributed by atoms with Crippen LogP contribution in [0.25, 0.3) is 10.6 Å². The van der Waals surface area contributed by atoms with Gasteiger partial charge in [-0.25, -0.2) is 4.98 Å². The minimum atomic E-state index is 0.0464. The van der Waals surface area contributed by atoms with Crippen LogP contribution in [0, 0.1) is 13.8 Å². The molecule has 144 valence electrons. The van der Waals surface area contributed by atoms with Gasteiger partial charge in [0.1, 0.15) is 10.7 Å². The summed E-state index contributed by atoms with van der Waals surface area (Å²) in [5.41, 5.74) is 5.54. The Morgan fingerprint density at radius 2 is 1.71 bits per heavy atom. The van der Waals surface area contributed by atoms with Gasteiger partial charge in [-0.3, -0.25) is 9.69 Å². The lowest BCUT2D eigenvalue weighted by molar-refractivity contribution is 0.0623. The first kappa shape index (κ1) is 18.8. The van der Waals surface area contributed by atoms with E-state index in [9.17, 15) is 4.79 Å². The van der Waals surface area contributed by atoms with Crippen LogP contribution in [0.1, 0.15) is 27.2 Å². The zero-order valence-electron chi connectivity index (χ0n) is 16.4. The van der Waals surface area contributed by atoms with E-state index in [1.54, 1.807) is 0 Å². The second-order valence-corrected chi connectivity index (χ2v) is 8.26. The maximum Gasteiger partial charge on any atom is 0.273 e. The van der Waals surface area contributed by atoms with E-state index in [2.05, 4.69) is 72.3 Å². The second-order valence-electron chi connectivity index (χ2n) is 7.40. The molecule has 0 spiro atoms. The summed E-state index contributed by atoms with van der Waals surface area (Å²) in [6.45, 7) is 8.47. The fourth-order valence-electron chi connectivity index (χ4n) is 3.50. The quantitative estimate of drug-likeness (QED) is 0.662. The molecule has 5 heteroatoms. The van der Waals surface area contributed by atoms with Crippen molar-refractivity contribution < 1.29 is 4.79 Å². The van der Waals surface area contributed by atoms with Crippen molar-refractivity contribution in [3.63, 3.8) is 0 Å². The number of benzene rings is 2. The second kappa shape index (κ2) is 8.25. The van der Waals surface area contributed by atoms with Crippen LogP contribution in [0.2, 0.25) is 0 Å². The van der Waals surface area contributed by atoms with Gasteiger partial charge in [-0.05, 0) is 25.0 Å². The highest BCUT2D eigenvalue weighted by Gasteiger charge is 2.24. The van der Waals surface area contributed by atoms with Crippen LogP contribution in [-0.2, 0) is 6.54 Å². The van der Waals surface area contributed by atoms with Crippen LogP contribution in [0.15, 0.2) is 53.9 Å². The summed E-state index contributed by atoms with van der Waals surface area (Å²) < 4.78 is 0. The Labute approximate surface area is 170 Å². The Bertz CT molecular complexity index is 956. The Morgan fingerprint density at radius 3 is 2.43 bits per heavy atom. The normalized spacial score (nSPS) is 15.0. The summed E-state index contributed by atoms with van der Waals surface area (Å²) in [5, 5.41) is 2.79. The number of hydrogen-bond donors (Lipinski definition) is 0. The summed E-state index contributed by atoms with van der Waals surface area (Å²) in [6, 6.07) is 16.8. The van der Waals surface area contributed by atoms with E-state index in [0.29, 0.717) is 5.69 Å². The van der Waals surface area contributed by atoms with Gasteiger partial charge in [0, 0.05) is 43.7 Å². The van der Waals surface area contributed by atoms with Crippen molar-refractivity contribution in [2.45, 2.75) is 20.4 Å². The first-order valence-corrected chi connectivity index (χ1v) is 10.6. The molecule has 0 radical (unpaired) electrons. The number of carbonyl (C=O) groups excluding carboxylic acids is 1. The molecule has 4 rings (SSSR count). The van der Waals surface area contributed by atoms with Gasteiger partial charge in [-0.1, -0.05) is 54.1 Å². The number of rotatable bonds is 4. The van der Waals surface area contributed by atoms with Gasteiger partial charge < -0.3 is 4.90 Å². The molecule has 0 N–H and O–H groups in total. The van der Waals surface area contributed by atoms with Crippen molar-refractivity contribution in [3.05, 3.63) is 76.3 Å². The maximum absolute atomic E-state index is 12.9. The van der Waals surface area contributed by atoms with Crippen molar-refractivity contribution in [2.24, 2.45) is 0 Å². The fraction of sp³-hybridized carbons (Fsp3) is 0.304. The highest BCUT2D eigenvalue weighted by atomic mass is 32.1. The smallest absolute Gasteiger partial charge is 0.273 e. The predicted octanol–water partition coefficient (Wildman–Crippen LogP) is 4.38. The van der Waals surface area contributed by atoms with Crippen molar-refractivity contribution in [2.75, 3.05) is 26.2 Å². The number of aryl methyl sites for hydroxylation is 2. The van der Waals surface area contributed by atoms with Gasteiger partial charge in [-0.15, -0.1) is 11.3 Å². The average molecular weight is 392 g/mol. The molecule has 1 aromatic heterocycles. The van der Waals surface area contributed by atoms with E-state index in [-0.39, 0.29) is 5.91 Å². The molecule has 2 heterocycles. The molecule has 0 unspecified atom stereocenters. The van der Waals surface area contributed by atoms with Crippen molar-refractivity contribution in [1.82, 2.24) is 14.8 Å². The molecule has 0 atom stereocenters. The van der Waals surface area contributed by atoms with Crippen LogP contribution >= 0.6 is 11.3 Å². The summed E-state index contributed by atoms with van der Waals surface area (Å²) in [7, 11) is 0. The van der Waals surface area contributed by atoms with Crippen LogP contribution in [0.5, 0.6) is 0 Å². The number of piperazine rings is 1. The molecule has 4 nitrogen and oxygen atoms in total. The standard InChI is InChI=1S/C23H25N3OS/c1-17-7-9-19(10-8-17)22-24-21(16-28-22)23(27)26-13-11-25(12-14-26)15-20-6-4-3-5-18(20)2/h3-10,16H,11-15H2,1-2H3. The van der Waals surface area contributed by atoms with E-state index in [4.69, 9.17) is 0 Å². The Balaban J connectivity index is 1.36. The Morgan fingerprint density at radius 1 is 1.00 bits per heavy atom. The zero-order chi connectivity index (χ0) is 19.5. The first-order chi connectivity index (χ1) is 13.6. The minimum absolute atomic E-state index is 0.0464. The lowest BCUT2D eigenvalue weighted by Crippen LogP contribution is -2.48. The van der Waals surface area contributed by atoms with E-state index in [1.807, 2.05) is 10.3 Å². The zero-order valence-corrected chi connectivity index (χ0v) is 17.2. The number of carbonyl (C=O) groups is 1. The van der Waals surface area contributed by atoms with Crippen molar-refractivity contribution >= 4 is 17.2 Å². The van der Waals surface area contributed by atoms with Crippen molar-refractivity contribution in [3.8, 4) is 10.6 Å². The molecule has 1 aliphatic heterocycles. The SMILES string of the molecule is Cc1ccc(-c2nc(C(=O)N3CCN(Cc4ccccc4C)CC3)cs2)cc1. The third-order valence-corrected chi connectivity index (χ3v) is 6.23. The van der Waals surface area contributed by atoms with Gasteiger partial charge in [0.05, 0.1) is 0 Å². The van der Waals surface area contributed by atoms with Crippen LogP contribution in [0.4, 0.5) is 0 Å². The number of hydrogen-bond acceptors (Lipinski definition) is 4. The molecule has 28 heavy (non-hydrogen) atoms. The number of thiazole rings is 1. The molecule has 1 fully saturated rings. The van der Waals surface area contributed by atoms with Gasteiger partial charge in [0.2, 0.25) is 0 Å². The third-order valence-electron chi connectivity index (χ3n) is 5.34. The molecule has 2 aromatic carbocycles. The van der Waals surface area contributed by atoms with Crippen LogP contribution in [0.3, 0.4) is 0 Å². The van der Waals surface area contributed by atoms with Crippen LogP contribution in [-0.4, -0.2) is 46.9 Å². The molecule has 1 saturated heterocycles. The molecule has 3 aromatic rings. The topological polar surface area (TPSA) is 36.4 Å². The van der Waals surface area contributed by atoms with E-state index >= 15 is 0 Å². The average Bonchev–Trinajstić information content (AvgIpc) is 3.20. The van der Waals surface area contributed by atoms with Gasteiger partial charge >= 0.3 is 0 Å². The highest BCUT2D eigenvalue weighted by Crippen LogP contribution is 2.25. The molecular formula is C23H25N3OS. The summed E-state index contributed by atoms with van der Waals surface area (Å²) >= 11 is 1.54.